The Bertz CT molecular complexity index is 1110. The normalized spacial score (nSPS) is 14.0. The van der Waals surface area contributed by atoms with Crippen LogP contribution in [0.3, 0.4) is 0 Å². The van der Waals surface area contributed by atoms with Crippen LogP contribution >= 0.6 is 0 Å². The molecule has 1 aliphatic rings. The van der Waals surface area contributed by atoms with Gasteiger partial charge in [-0.3, -0.25) is 0 Å². The maximum Gasteiger partial charge on any atom is 0.132 e. The van der Waals surface area contributed by atoms with Crippen LogP contribution in [0, 0.1) is 5.82 Å². The summed E-state index contributed by atoms with van der Waals surface area (Å²) in [5.74, 6) is -0.192. The van der Waals surface area contributed by atoms with Crippen molar-refractivity contribution in [2.24, 2.45) is 0 Å². The third-order valence-corrected chi connectivity index (χ3v) is 5.32. The molecule has 0 amide bonds. The first-order chi connectivity index (χ1) is 12.3. The van der Waals surface area contributed by atoms with Crippen LogP contribution in [0.25, 0.3) is 32.9 Å². The van der Waals surface area contributed by atoms with E-state index in [4.69, 9.17) is 4.98 Å². The minimum atomic E-state index is -0.192. The lowest BCUT2D eigenvalue weighted by atomic mass is 9.85. The summed E-state index contributed by atoms with van der Waals surface area (Å²) in [6.07, 6.45) is 4.35. The number of benzene rings is 3. The van der Waals surface area contributed by atoms with Crippen LogP contribution in [0.2, 0.25) is 0 Å². The Labute approximate surface area is 146 Å². The third kappa shape index (κ3) is 2.25. The summed E-state index contributed by atoms with van der Waals surface area (Å²) in [5, 5.41) is 3.75. The molecule has 1 heterocycles. The average Bonchev–Trinajstić information content (AvgIpc) is 2.67. The quantitative estimate of drug-likeness (QED) is 0.386. The molecule has 0 spiro atoms. The number of hydrogen-bond donors (Lipinski definition) is 0. The molecule has 1 aromatic heterocycles. The zero-order chi connectivity index (χ0) is 16.8. The number of halogens is 1. The van der Waals surface area contributed by atoms with Gasteiger partial charge in [0.25, 0.3) is 0 Å². The standard InChI is InChI=1S/C23H18FN/c24-20-12-6-5-11-19(20)23-18-10-4-3-9-17(18)22-16-8-2-1-7-15(16)13-14-21(22)25-23/h1-2,5-8,11-14H,3-4,9-10H2. The molecule has 0 N–H and O–H groups in total. The average molecular weight is 327 g/mol. The summed E-state index contributed by atoms with van der Waals surface area (Å²) in [7, 11) is 0. The van der Waals surface area contributed by atoms with Crippen molar-refractivity contribution in [2.75, 3.05) is 0 Å². The third-order valence-electron chi connectivity index (χ3n) is 5.32. The van der Waals surface area contributed by atoms with E-state index >= 15 is 0 Å². The van der Waals surface area contributed by atoms with Crippen LogP contribution in [0.5, 0.6) is 0 Å². The summed E-state index contributed by atoms with van der Waals surface area (Å²) in [4.78, 5) is 4.93. The maximum atomic E-state index is 14.5. The van der Waals surface area contributed by atoms with Gasteiger partial charge in [0.05, 0.1) is 11.2 Å². The second kappa shape index (κ2) is 5.66. The van der Waals surface area contributed by atoms with Crippen molar-refractivity contribution in [3.63, 3.8) is 0 Å². The van der Waals surface area contributed by atoms with Gasteiger partial charge in [-0.05, 0) is 65.8 Å². The molecule has 0 fully saturated rings. The second-order valence-electron chi connectivity index (χ2n) is 6.79. The molecule has 0 atom stereocenters. The lowest BCUT2D eigenvalue weighted by Gasteiger charge is -2.22. The first-order valence-electron chi connectivity index (χ1n) is 8.91. The van der Waals surface area contributed by atoms with Crippen LogP contribution in [0.15, 0.2) is 60.7 Å². The van der Waals surface area contributed by atoms with Crippen LogP contribution in [0.1, 0.15) is 24.0 Å². The number of aryl methyl sites for hydroxylation is 1. The Hall–Kier alpha value is -2.74. The molecule has 4 aromatic rings. The SMILES string of the molecule is Fc1ccccc1-c1nc2ccc3ccccc3c2c2c1CCCC2. The molecule has 5 rings (SSSR count). The molecule has 122 valence electrons. The van der Waals surface area contributed by atoms with Crippen molar-refractivity contribution in [3.05, 3.63) is 77.6 Å². The van der Waals surface area contributed by atoms with Gasteiger partial charge in [-0.2, -0.15) is 0 Å². The Balaban J connectivity index is 1.93. The summed E-state index contributed by atoms with van der Waals surface area (Å²) in [5.41, 5.74) is 5.02. The number of aromatic nitrogens is 1. The largest absolute Gasteiger partial charge is 0.247 e. The molecule has 0 unspecified atom stereocenters. The van der Waals surface area contributed by atoms with Crippen molar-refractivity contribution in [1.29, 1.82) is 0 Å². The van der Waals surface area contributed by atoms with Crippen LogP contribution in [0.4, 0.5) is 4.39 Å². The van der Waals surface area contributed by atoms with Crippen molar-refractivity contribution < 1.29 is 4.39 Å². The van der Waals surface area contributed by atoms with Gasteiger partial charge >= 0.3 is 0 Å². The molecule has 2 heteroatoms. The topological polar surface area (TPSA) is 12.9 Å². The zero-order valence-electron chi connectivity index (χ0n) is 13.9. The van der Waals surface area contributed by atoms with Gasteiger partial charge in [-0.15, -0.1) is 0 Å². The Morgan fingerprint density at radius 2 is 1.52 bits per heavy atom. The Kier molecular flexibility index (Phi) is 3.30. The van der Waals surface area contributed by atoms with E-state index in [1.54, 1.807) is 6.07 Å². The van der Waals surface area contributed by atoms with E-state index in [0.29, 0.717) is 5.56 Å². The number of fused-ring (bicyclic) bond motifs is 5. The van der Waals surface area contributed by atoms with E-state index < -0.39 is 0 Å². The molecule has 0 saturated heterocycles. The van der Waals surface area contributed by atoms with Crippen LogP contribution in [-0.4, -0.2) is 4.98 Å². The number of hydrogen-bond acceptors (Lipinski definition) is 1. The highest BCUT2D eigenvalue weighted by Crippen LogP contribution is 2.38. The molecule has 0 radical (unpaired) electrons. The molecular weight excluding hydrogens is 309 g/mol. The highest BCUT2D eigenvalue weighted by molar-refractivity contribution is 6.09. The number of rotatable bonds is 1. The van der Waals surface area contributed by atoms with Crippen LogP contribution < -0.4 is 0 Å². The Morgan fingerprint density at radius 1 is 0.760 bits per heavy atom. The van der Waals surface area contributed by atoms with Crippen molar-refractivity contribution >= 4 is 21.7 Å². The predicted octanol–water partition coefficient (Wildman–Crippen LogP) is 6.07. The van der Waals surface area contributed by atoms with Crippen LogP contribution in [-0.2, 0) is 12.8 Å². The van der Waals surface area contributed by atoms with E-state index in [-0.39, 0.29) is 5.82 Å². The van der Waals surface area contributed by atoms with Gasteiger partial charge in [-0.1, -0.05) is 42.5 Å². The first kappa shape index (κ1) is 14.6. The zero-order valence-corrected chi connectivity index (χ0v) is 13.9. The van der Waals surface area contributed by atoms with Crippen molar-refractivity contribution in [2.45, 2.75) is 25.7 Å². The van der Waals surface area contributed by atoms with Crippen molar-refractivity contribution in [1.82, 2.24) is 4.98 Å². The second-order valence-corrected chi connectivity index (χ2v) is 6.79. The fourth-order valence-electron chi connectivity index (χ4n) is 4.18. The van der Waals surface area contributed by atoms with E-state index in [9.17, 15) is 4.39 Å². The highest BCUT2D eigenvalue weighted by Gasteiger charge is 2.21. The predicted molar refractivity (Wildman–Crippen MR) is 101 cm³/mol. The molecule has 3 aromatic carbocycles. The molecule has 1 nitrogen and oxygen atoms in total. The highest BCUT2D eigenvalue weighted by atomic mass is 19.1. The van der Waals surface area contributed by atoms with E-state index in [2.05, 4.69) is 36.4 Å². The fourth-order valence-corrected chi connectivity index (χ4v) is 4.18. The molecule has 1 aliphatic carbocycles. The van der Waals surface area contributed by atoms with E-state index in [0.717, 1.165) is 30.5 Å². The number of nitrogens with zero attached hydrogens (tertiary/aromatic N) is 1. The van der Waals surface area contributed by atoms with Crippen molar-refractivity contribution in [3.8, 4) is 11.3 Å². The van der Waals surface area contributed by atoms with Gasteiger partial charge in [0.1, 0.15) is 5.82 Å². The first-order valence-corrected chi connectivity index (χ1v) is 8.91. The summed E-state index contributed by atoms with van der Waals surface area (Å²) in [6, 6.07) is 19.7. The molecular formula is C23H18FN. The van der Waals surface area contributed by atoms with Gasteiger partial charge in [-0.25, -0.2) is 9.37 Å². The van der Waals surface area contributed by atoms with Gasteiger partial charge in [0.2, 0.25) is 0 Å². The van der Waals surface area contributed by atoms with Gasteiger partial charge in [0.15, 0.2) is 0 Å². The van der Waals surface area contributed by atoms with Gasteiger partial charge < -0.3 is 0 Å². The summed E-state index contributed by atoms with van der Waals surface area (Å²) >= 11 is 0. The molecule has 0 bridgehead atoms. The minimum Gasteiger partial charge on any atom is -0.247 e. The fraction of sp³-hybridized carbons (Fsp3) is 0.174. The number of pyridine rings is 1. The van der Waals surface area contributed by atoms with E-state index in [1.165, 1.54) is 39.8 Å². The monoisotopic (exact) mass is 327 g/mol. The minimum absolute atomic E-state index is 0.192. The summed E-state index contributed by atoms with van der Waals surface area (Å²) < 4.78 is 14.5. The Morgan fingerprint density at radius 3 is 2.40 bits per heavy atom. The lowest BCUT2D eigenvalue weighted by Crippen LogP contribution is -2.08. The summed E-state index contributed by atoms with van der Waals surface area (Å²) in [6.45, 7) is 0. The molecule has 0 saturated carbocycles. The molecule has 0 aliphatic heterocycles. The van der Waals surface area contributed by atoms with Gasteiger partial charge in [0, 0.05) is 10.9 Å². The van der Waals surface area contributed by atoms with E-state index in [1.807, 2.05) is 12.1 Å². The lowest BCUT2D eigenvalue weighted by molar-refractivity contribution is 0.629. The smallest absolute Gasteiger partial charge is 0.132 e. The maximum absolute atomic E-state index is 14.5. The molecule has 25 heavy (non-hydrogen) atoms.